The topological polar surface area (TPSA) is 51.0 Å². The molecular weight excluding hydrogens is 434 g/mol. The second-order valence-electron chi connectivity index (χ2n) is 9.07. The van der Waals surface area contributed by atoms with Gasteiger partial charge in [0.2, 0.25) is 0 Å². The van der Waals surface area contributed by atoms with Crippen LogP contribution in [0.1, 0.15) is 54.7 Å². The maximum absolute atomic E-state index is 14.1. The summed E-state index contributed by atoms with van der Waals surface area (Å²) in [6.45, 7) is 5.17. The van der Waals surface area contributed by atoms with Crippen LogP contribution in [0.2, 0.25) is 0 Å². The zero-order chi connectivity index (χ0) is 23.8. The number of nitrogens with zero attached hydrogens (tertiary/aromatic N) is 4. The standard InChI is InChI=1S/C27H26F2N4O/c1-17(2)33-16-30-26-24(33)15-23(31-25(26)19-6-4-3-5-7-19)18-10-12-32(13-11-18)27(34)21-14-20(28)8-9-22(21)29/h3-9,14-18H,10-13H2,1-2H3. The molecule has 1 aliphatic rings. The molecule has 5 rings (SSSR count). The Morgan fingerprint density at radius 3 is 2.47 bits per heavy atom. The van der Waals surface area contributed by atoms with Crippen molar-refractivity contribution in [3.8, 4) is 11.3 Å². The van der Waals surface area contributed by atoms with Crippen molar-refractivity contribution in [3.63, 3.8) is 0 Å². The lowest BCUT2D eigenvalue weighted by Gasteiger charge is -2.32. The summed E-state index contributed by atoms with van der Waals surface area (Å²) in [7, 11) is 0. The Kier molecular flexibility index (Phi) is 5.86. The number of hydrogen-bond acceptors (Lipinski definition) is 3. The van der Waals surface area contributed by atoms with Gasteiger partial charge in [-0.25, -0.2) is 13.8 Å². The Labute approximate surface area is 197 Å². The molecule has 3 heterocycles. The number of benzene rings is 2. The highest BCUT2D eigenvalue weighted by molar-refractivity contribution is 5.94. The summed E-state index contributed by atoms with van der Waals surface area (Å²) in [6.07, 6.45) is 3.26. The van der Waals surface area contributed by atoms with Gasteiger partial charge in [-0.1, -0.05) is 30.3 Å². The summed E-state index contributed by atoms with van der Waals surface area (Å²) >= 11 is 0. The van der Waals surface area contributed by atoms with E-state index in [9.17, 15) is 13.6 Å². The number of amides is 1. The van der Waals surface area contributed by atoms with Gasteiger partial charge in [-0.05, 0) is 51.0 Å². The number of carbonyl (C=O) groups is 1. The summed E-state index contributed by atoms with van der Waals surface area (Å²) in [6, 6.07) is 15.4. The Balaban J connectivity index is 1.44. The summed E-state index contributed by atoms with van der Waals surface area (Å²) in [5.74, 6) is -1.63. The fourth-order valence-electron chi connectivity index (χ4n) is 4.68. The molecule has 2 aromatic heterocycles. The first-order valence-electron chi connectivity index (χ1n) is 11.6. The van der Waals surface area contributed by atoms with Crippen molar-refractivity contribution in [1.29, 1.82) is 0 Å². The van der Waals surface area contributed by atoms with Gasteiger partial charge in [0.25, 0.3) is 5.91 Å². The van der Waals surface area contributed by atoms with Crippen LogP contribution in [0, 0.1) is 11.6 Å². The number of fused-ring (bicyclic) bond motifs is 1. The molecule has 1 aliphatic heterocycles. The van der Waals surface area contributed by atoms with E-state index < -0.39 is 17.5 Å². The normalized spacial score (nSPS) is 14.8. The lowest BCUT2D eigenvalue weighted by molar-refractivity contribution is 0.0707. The molecule has 0 atom stereocenters. The van der Waals surface area contributed by atoms with Gasteiger partial charge in [-0.15, -0.1) is 0 Å². The third kappa shape index (κ3) is 4.06. The van der Waals surface area contributed by atoms with Crippen LogP contribution in [0.25, 0.3) is 22.3 Å². The van der Waals surface area contributed by atoms with Gasteiger partial charge in [-0.2, -0.15) is 0 Å². The number of imidazole rings is 1. The molecule has 0 radical (unpaired) electrons. The van der Waals surface area contributed by atoms with Crippen molar-refractivity contribution < 1.29 is 13.6 Å². The minimum Gasteiger partial charge on any atom is -0.339 e. The van der Waals surface area contributed by atoms with E-state index in [1.54, 1.807) is 4.90 Å². The molecule has 4 aromatic rings. The van der Waals surface area contributed by atoms with Crippen LogP contribution in [0.3, 0.4) is 0 Å². The van der Waals surface area contributed by atoms with Crippen LogP contribution < -0.4 is 0 Å². The van der Waals surface area contributed by atoms with Crippen molar-refractivity contribution in [1.82, 2.24) is 19.4 Å². The summed E-state index contributed by atoms with van der Waals surface area (Å²) in [5.41, 5.74) is 4.53. The van der Waals surface area contributed by atoms with E-state index in [-0.39, 0.29) is 17.5 Å². The van der Waals surface area contributed by atoms with Crippen LogP contribution >= 0.6 is 0 Å². The van der Waals surface area contributed by atoms with Crippen molar-refractivity contribution in [2.75, 3.05) is 13.1 Å². The first-order chi connectivity index (χ1) is 16.4. The summed E-state index contributed by atoms with van der Waals surface area (Å²) in [4.78, 5) is 24.1. The molecule has 7 heteroatoms. The summed E-state index contributed by atoms with van der Waals surface area (Å²) in [5, 5.41) is 0. The van der Waals surface area contributed by atoms with Crippen LogP contribution in [-0.4, -0.2) is 38.4 Å². The monoisotopic (exact) mass is 460 g/mol. The fraction of sp³-hybridized carbons (Fsp3) is 0.296. The number of rotatable bonds is 4. The van der Waals surface area contributed by atoms with Crippen molar-refractivity contribution in [2.24, 2.45) is 0 Å². The lowest BCUT2D eigenvalue weighted by atomic mass is 9.92. The Hall–Kier alpha value is -3.61. The molecular formula is C27H26F2N4O. The van der Waals surface area contributed by atoms with Gasteiger partial charge in [0, 0.05) is 36.3 Å². The SMILES string of the molecule is CC(C)n1cnc2c(-c3ccccc3)nc(C3CCN(C(=O)c4cc(F)ccc4F)CC3)cc21. The molecule has 1 fully saturated rings. The van der Waals surface area contributed by atoms with E-state index in [4.69, 9.17) is 4.98 Å². The third-order valence-corrected chi connectivity index (χ3v) is 6.54. The highest BCUT2D eigenvalue weighted by Crippen LogP contribution is 2.34. The Morgan fingerprint density at radius 2 is 1.76 bits per heavy atom. The zero-order valence-corrected chi connectivity index (χ0v) is 19.2. The maximum Gasteiger partial charge on any atom is 0.256 e. The maximum atomic E-state index is 14.1. The van der Waals surface area contributed by atoms with Crippen molar-refractivity contribution in [2.45, 2.75) is 38.6 Å². The van der Waals surface area contributed by atoms with Crippen LogP contribution in [-0.2, 0) is 0 Å². The third-order valence-electron chi connectivity index (χ3n) is 6.54. The molecule has 1 saturated heterocycles. The second-order valence-corrected chi connectivity index (χ2v) is 9.07. The van der Waals surface area contributed by atoms with Gasteiger partial charge >= 0.3 is 0 Å². The molecule has 2 aromatic carbocycles. The van der Waals surface area contributed by atoms with E-state index in [1.165, 1.54) is 0 Å². The molecule has 0 N–H and O–H groups in total. The van der Waals surface area contributed by atoms with Gasteiger partial charge in [0.05, 0.1) is 23.1 Å². The first-order valence-corrected chi connectivity index (χ1v) is 11.6. The minimum atomic E-state index is -0.699. The highest BCUT2D eigenvalue weighted by Gasteiger charge is 2.28. The highest BCUT2D eigenvalue weighted by atomic mass is 19.1. The summed E-state index contributed by atoms with van der Waals surface area (Å²) < 4.78 is 29.8. The first kappa shape index (κ1) is 22.2. The van der Waals surface area contributed by atoms with Crippen molar-refractivity contribution in [3.05, 3.63) is 83.8 Å². The molecule has 174 valence electrons. The van der Waals surface area contributed by atoms with E-state index in [0.717, 1.165) is 46.2 Å². The quantitative estimate of drug-likeness (QED) is 0.377. The predicted octanol–water partition coefficient (Wildman–Crippen LogP) is 5.98. The average Bonchev–Trinajstić information content (AvgIpc) is 3.29. The minimum absolute atomic E-state index is 0.156. The smallest absolute Gasteiger partial charge is 0.256 e. The van der Waals surface area contributed by atoms with E-state index in [1.807, 2.05) is 36.7 Å². The molecule has 34 heavy (non-hydrogen) atoms. The second kappa shape index (κ2) is 8.97. The largest absolute Gasteiger partial charge is 0.339 e. The van der Waals surface area contributed by atoms with Crippen LogP contribution in [0.5, 0.6) is 0 Å². The lowest BCUT2D eigenvalue weighted by Crippen LogP contribution is -2.38. The molecule has 0 aliphatic carbocycles. The molecule has 0 bridgehead atoms. The molecule has 1 amide bonds. The van der Waals surface area contributed by atoms with E-state index in [2.05, 4.69) is 29.5 Å². The number of pyridine rings is 1. The number of piperidine rings is 1. The van der Waals surface area contributed by atoms with Crippen LogP contribution in [0.4, 0.5) is 8.78 Å². The van der Waals surface area contributed by atoms with Gasteiger partial charge in [0.15, 0.2) is 0 Å². The fourth-order valence-corrected chi connectivity index (χ4v) is 4.68. The van der Waals surface area contributed by atoms with Gasteiger partial charge < -0.3 is 9.47 Å². The van der Waals surface area contributed by atoms with Gasteiger partial charge in [0.1, 0.15) is 17.2 Å². The molecule has 0 unspecified atom stereocenters. The predicted molar refractivity (Wildman–Crippen MR) is 128 cm³/mol. The molecule has 5 nitrogen and oxygen atoms in total. The van der Waals surface area contributed by atoms with E-state index >= 15 is 0 Å². The average molecular weight is 461 g/mol. The van der Waals surface area contributed by atoms with Gasteiger partial charge in [-0.3, -0.25) is 9.78 Å². The van der Waals surface area contributed by atoms with Crippen LogP contribution in [0.15, 0.2) is 60.9 Å². The number of carbonyl (C=O) groups excluding carboxylic acids is 1. The number of likely N-dealkylation sites (tertiary alicyclic amines) is 1. The number of halogens is 2. The molecule has 0 saturated carbocycles. The number of aromatic nitrogens is 3. The zero-order valence-electron chi connectivity index (χ0n) is 19.2. The Bertz CT molecular complexity index is 1340. The number of hydrogen-bond donors (Lipinski definition) is 0. The molecule has 0 spiro atoms. The van der Waals surface area contributed by atoms with Crippen molar-refractivity contribution >= 4 is 16.9 Å². The van der Waals surface area contributed by atoms with E-state index in [0.29, 0.717) is 25.9 Å². The Morgan fingerprint density at radius 1 is 1.03 bits per heavy atom.